The lowest BCUT2D eigenvalue weighted by Gasteiger charge is -2.31. The van der Waals surface area contributed by atoms with Gasteiger partial charge in [0.05, 0.1) is 19.1 Å². The number of carbonyl (C=O) groups excluding carboxylic acids is 2. The molecular formula is C15H26N2O4. The standard InChI is InChI=1S/C15H26N2O4/c1-2-21-15(19)12-4-3-7-17(10-12)11-14(18)16-13-5-8-20-9-6-13/h12-13H,2-11H2,1H3,(H,16,18)/t12-/m1/s1. The summed E-state index contributed by atoms with van der Waals surface area (Å²) in [5.41, 5.74) is 0. The SMILES string of the molecule is CCOC(=O)[C@@H]1CCCN(CC(=O)NC2CCOCC2)C1. The molecule has 0 saturated carbocycles. The van der Waals surface area contributed by atoms with Crippen molar-refractivity contribution in [2.75, 3.05) is 39.5 Å². The summed E-state index contributed by atoms with van der Waals surface area (Å²) in [6.07, 6.45) is 3.57. The first-order valence-electron chi connectivity index (χ1n) is 7.95. The number of likely N-dealkylation sites (tertiary alicyclic amines) is 1. The number of amides is 1. The number of piperidine rings is 1. The number of esters is 1. The third-order valence-corrected chi connectivity index (χ3v) is 4.08. The van der Waals surface area contributed by atoms with Gasteiger partial charge in [0.15, 0.2) is 0 Å². The van der Waals surface area contributed by atoms with Crippen LogP contribution >= 0.6 is 0 Å². The third kappa shape index (κ3) is 5.28. The molecule has 0 aromatic carbocycles. The highest BCUT2D eigenvalue weighted by Gasteiger charge is 2.28. The van der Waals surface area contributed by atoms with Crippen LogP contribution in [0.3, 0.4) is 0 Å². The Morgan fingerprint density at radius 3 is 2.76 bits per heavy atom. The summed E-state index contributed by atoms with van der Waals surface area (Å²) in [6, 6.07) is 0.233. The monoisotopic (exact) mass is 298 g/mol. The highest BCUT2D eigenvalue weighted by atomic mass is 16.5. The van der Waals surface area contributed by atoms with Crippen LogP contribution < -0.4 is 5.32 Å². The number of ether oxygens (including phenoxy) is 2. The third-order valence-electron chi connectivity index (χ3n) is 4.08. The maximum atomic E-state index is 12.1. The molecule has 0 radical (unpaired) electrons. The molecule has 0 aromatic rings. The summed E-state index contributed by atoms with van der Waals surface area (Å²) in [5, 5.41) is 3.06. The van der Waals surface area contributed by atoms with Crippen LogP contribution in [0.4, 0.5) is 0 Å². The summed E-state index contributed by atoms with van der Waals surface area (Å²) >= 11 is 0. The fourth-order valence-electron chi connectivity index (χ4n) is 2.97. The largest absolute Gasteiger partial charge is 0.466 e. The minimum absolute atomic E-state index is 0.0476. The average Bonchev–Trinajstić information content (AvgIpc) is 2.48. The number of hydrogen-bond acceptors (Lipinski definition) is 5. The van der Waals surface area contributed by atoms with Crippen LogP contribution in [-0.4, -0.2) is 62.3 Å². The van der Waals surface area contributed by atoms with E-state index in [1.54, 1.807) is 0 Å². The second-order valence-corrected chi connectivity index (χ2v) is 5.78. The summed E-state index contributed by atoms with van der Waals surface area (Å²) in [4.78, 5) is 25.9. The van der Waals surface area contributed by atoms with Crippen molar-refractivity contribution in [1.82, 2.24) is 10.2 Å². The molecule has 21 heavy (non-hydrogen) atoms. The zero-order valence-electron chi connectivity index (χ0n) is 12.8. The number of nitrogens with zero attached hydrogens (tertiary/aromatic N) is 1. The molecule has 2 aliphatic heterocycles. The summed E-state index contributed by atoms with van der Waals surface area (Å²) in [7, 11) is 0. The Balaban J connectivity index is 1.73. The quantitative estimate of drug-likeness (QED) is 0.751. The van der Waals surface area contributed by atoms with E-state index in [1.165, 1.54) is 0 Å². The zero-order valence-corrected chi connectivity index (χ0v) is 12.8. The first kappa shape index (κ1) is 16.2. The highest BCUT2D eigenvalue weighted by molar-refractivity contribution is 5.78. The second kappa shape index (κ2) is 8.34. The Hall–Kier alpha value is -1.14. The molecule has 0 aliphatic carbocycles. The van der Waals surface area contributed by atoms with Crippen LogP contribution in [0.5, 0.6) is 0 Å². The van der Waals surface area contributed by atoms with Crippen molar-refractivity contribution in [3.8, 4) is 0 Å². The van der Waals surface area contributed by atoms with Crippen molar-refractivity contribution >= 4 is 11.9 Å². The van der Waals surface area contributed by atoms with E-state index in [1.807, 2.05) is 6.92 Å². The van der Waals surface area contributed by atoms with Gasteiger partial charge in [-0.1, -0.05) is 0 Å². The van der Waals surface area contributed by atoms with Crippen LogP contribution in [-0.2, 0) is 19.1 Å². The molecule has 2 rings (SSSR count). The molecule has 6 heteroatoms. The van der Waals surface area contributed by atoms with Crippen LogP contribution in [0.2, 0.25) is 0 Å². The molecule has 2 saturated heterocycles. The number of hydrogen-bond donors (Lipinski definition) is 1. The van der Waals surface area contributed by atoms with Gasteiger partial charge in [-0.3, -0.25) is 14.5 Å². The van der Waals surface area contributed by atoms with Crippen LogP contribution in [0.25, 0.3) is 0 Å². The fraction of sp³-hybridized carbons (Fsp3) is 0.867. The first-order chi connectivity index (χ1) is 10.2. The van der Waals surface area contributed by atoms with Gasteiger partial charge in [-0.25, -0.2) is 0 Å². The van der Waals surface area contributed by atoms with Gasteiger partial charge >= 0.3 is 5.97 Å². The van der Waals surface area contributed by atoms with Crippen molar-refractivity contribution in [2.45, 2.75) is 38.6 Å². The van der Waals surface area contributed by atoms with Crippen LogP contribution in [0.1, 0.15) is 32.6 Å². The predicted octanol–water partition coefficient (Wildman–Crippen LogP) is 0.557. The molecule has 1 N–H and O–H groups in total. The summed E-state index contributed by atoms with van der Waals surface area (Å²) in [5.74, 6) is -0.173. The minimum atomic E-state index is -0.132. The smallest absolute Gasteiger partial charge is 0.310 e. The van der Waals surface area contributed by atoms with Crippen LogP contribution in [0.15, 0.2) is 0 Å². The Labute approximate surface area is 126 Å². The maximum absolute atomic E-state index is 12.1. The number of nitrogens with one attached hydrogen (secondary N) is 1. The van der Waals surface area contributed by atoms with E-state index in [0.717, 1.165) is 45.4 Å². The van der Waals surface area contributed by atoms with Crippen LogP contribution in [0, 0.1) is 5.92 Å². The van der Waals surface area contributed by atoms with E-state index in [-0.39, 0.29) is 23.8 Å². The Bertz CT molecular complexity index is 356. The fourth-order valence-corrected chi connectivity index (χ4v) is 2.97. The average molecular weight is 298 g/mol. The lowest BCUT2D eigenvalue weighted by molar-refractivity contribution is -0.150. The zero-order chi connectivity index (χ0) is 15.1. The molecule has 0 spiro atoms. The molecule has 0 unspecified atom stereocenters. The van der Waals surface area contributed by atoms with E-state index in [4.69, 9.17) is 9.47 Å². The van der Waals surface area contributed by atoms with Crippen molar-refractivity contribution in [1.29, 1.82) is 0 Å². The van der Waals surface area contributed by atoms with Gasteiger partial charge in [0, 0.05) is 25.8 Å². The molecule has 1 atom stereocenters. The topological polar surface area (TPSA) is 67.9 Å². The molecule has 1 amide bonds. The van der Waals surface area contributed by atoms with Crippen molar-refractivity contribution in [3.63, 3.8) is 0 Å². The lowest BCUT2D eigenvalue weighted by Crippen LogP contribution is -2.47. The molecule has 2 aliphatic rings. The Kier molecular flexibility index (Phi) is 6.45. The second-order valence-electron chi connectivity index (χ2n) is 5.78. The molecule has 6 nitrogen and oxygen atoms in total. The first-order valence-corrected chi connectivity index (χ1v) is 7.95. The van der Waals surface area contributed by atoms with Gasteiger partial charge in [0.1, 0.15) is 0 Å². The molecule has 120 valence electrons. The Morgan fingerprint density at radius 1 is 1.29 bits per heavy atom. The summed E-state index contributed by atoms with van der Waals surface area (Å²) in [6.45, 7) is 5.54. The van der Waals surface area contributed by atoms with Gasteiger partial charge in [-0.05, 0) is 39.2 Å². The highest BCUT2D eigenvalue weighted by Crippen LogP contribution is 2.17. The van der Waals surface area contributed by atoms with E-state index in [2.05, 4.69) is 10.2 Å². The lowest BCUT2D eigenvalue weighted by atomic mass is 9.98. The number of rotatable bonds is 5. The molecule has 2 fully saturated rings. The van der Waals surface area contributed by atoms with Gasteiger partial charge in [0.25, 0.3) is 0 Å². The van der Waals surface area contributed by atoms with Gasteiger partial charge < -0.3 is 14.8 Å². The van der Waals surface area contributed by atoms with E-state index in [0.29, 0.717) is 19.7 Å². The molecule has 2 heterocycles. The Morgan fingerprint density at radius 2 is 2.05 bits per heavy atom. The molecule has 0 bridgehead atoms. The van der Waals surface area contributed by atoms with Gasteiger partial charge in [-0.15, -0.1) is 0 Å². The van der Waals surface area contributed by atoms with Crippen molar-refractivity contribution < 1.29 is 19.1 Å². The van der Waals surface area contributed by atoms with Crippen molar-refractivity contribution in [3.05, 3.63) is 0 Å². The molecule has 0 aromatic heterocycles. The van der Waals surface area contributed by atoms with E-state index < -0.39 is 0 Å². The van der Waals surface area contributed by atoms with Crippen molar-refractivity contribution in [2.24, 2.45) is 5.92 Å². The predicted molar refractivity (Wildman–Crippen MR) is 77.8 cm³/mol. The van der Waals surface area contributed by atoms with E-state index in [9.17, 15) is 9.59 Å². The molecular weight excluding hydrogens is 272 g/mol. The number of carbonyl (C=O) groups is 2. The summed E-state index contributed by atoms with van der Waals surface area (Å²) < 4.78 is 10.4. The van der Waals surface area contributed by atoms with Gasteiger partial charge in [0.2, 0.25) is 5.91 Å². The minimum Gasteiger partial charge on any atom is -0.466 e. The van der Waals surface area contributed by atoms with E-state index >= 15 is 0 Å². The van der Waals surface area contributed by atoms with Gasteiger partial charge in [-0.2, -0.15) is 0 Å². The maximum Gasteiger partial charge on any atom is 0.310 e. The normalized spacial score (nSPS) is 24.5.